The van der Waals surface area contributed by atoms with Crippen LogP contribution < -0.4 is 4.90 Å². The topological polar surface area (TPSA) is 46.3 Å². The van der Waals surface area contributed by atoms with Crippen LogP contribution in [0.15, 0.2) is 52.9 Å². The van der Waals surface area contributed by atoms with Crippen molar-refractivity contribution in [2.24, 2.45) is 0 Å². The number of aryl methyl sites for hydroxylation is 1. The molecule has 122 valence electrons. The van der Waals surface area contributed by atoms with Gasteiger partial charge in [-0.25, -0.2) is 4.98 Å². The van der Waals surface area contributed by atoms with E-state index in [-0.39, 0.29) is 11.7 Å². The zero-order valence-corrected chi connectivity index (χ0v) is 14.6. The molecule has 0 fully saturated rings. The lowest BCUT2D eigenvalue weighted by Gasteiger charge is -2.16. The van der Waals surface area contributed by atoms with Crippen LogP contribution in [0.4, 0.5) is 5.69 Å². The van der Waals surface area contributed by atoms with Crippen LogP contribution in [0, 0.1) is 6.92 Å². The fraction of sp³-hybridized carbons (Fsp3) is 0.111. The van der Waals surface area contributed by atoms with E-state index in [4.69, 9.17) is 27.6 Å². The van der Waals surface area contributed by atoms with Gasteiger partial charge in [-0.1, -0.05) is 23.2 Å². The standard InChI is InChI=1S/C18H14Cl2N2O2/c1-11-16(18(23)22(2)15-9-7-14(20)8-10-15)24-17(21-11)12-3-5-13(19)6-4-12/h3-10H,1-2H3. The second-order valence-electron chi connectivity index (χ2n) is 5.28. The van der Waals surface area contributed by atoms with Gasteiger partial charge >= 0.3 is 0 Å². The maximum Gasteiger partial charge on any atom is 0.295 e. The summed E-state index contributed by atoms with van der Waals surface area (Å²) in [5, 5.41) is 1.24. The molecule has 0 aliphatic heterocycles. The Labute approximate surface area is 149 Å². The Morgan fingerprint density at radius 2 is 1.54 bits per heavy atom. The Bertz CT molecular complexity index is 871. The predicted octanol–water partition coefficient (Wildman–Crippen LogP) is 5.23. The van der Waals surface area contributed by atoms with Gasteiger partial charge in [0.2, 0.25) is 11.7 Å². The average Bonchev–Trinajstić information content (AvgIpc) is 2.96. The molecule has 0 bridgehead atoms. The van der Waals surface area contributed by atoms with E-state index in [0.717, 1.165) is 5.56 Å². The molecular weight excluding hydrogens is 347 g/mol. The van der Waals surface area contributed by atoms with Crippen molar-refractivity contribution in [3.8, 4) is 11.5 Å². The first-order valence-corrected chi connectivity index (χ1v) is 7.98. The first-order valence-electron chi connectivity index (χ1n) is 7.22. The van der Waals surface area contributed by atoms with E-state index in [0.29, 0.717) is 27.3 Å². The summed E-state index contributed by atoms with van der Waals surface area (Å²) in [5.41, 5.74) is 2.01. The predicted molar refractivity (Wildman–Crippen MR) is 95.9 cm³/mol. The fourth-order valence-electron chi connectivity index (χ4n) is 2.25. The van der Waals surface area contributed by atoms with Gasteiger partial charge in [0.1, 0.15) is 0 Å². The normalized spacial score (nSPS) is 10.7. The molecule has 4 nitrogen and oxygen atoms in total. The lowest BCUT2D eigenvalue weighted by molar-refractivity contribution is 0.0966. The molecule has 0 unspecified atom stereocenters. The van der Waals surface area contributed by atoms with Gasteiger partial charge in [-0.2, -0.15) is 0 Å². The summed E-state index contributed by atoms with van der Waals surface area (Å²) >= 11 is 11.8. The first-order chi connectivity index (χ1) is 11.5. The highest BCUT2D eigenvalue weighted by molar-refractivity contribution is 6.31. The molecule has 24 heavy (non-hydrogen) atoms. The second kappa shape index (κ2) is 6.67. The summed E-state index contributed by atoms with van der Waals surface area (Å²) in [6.45, 7) is 1.74. The summed E-state index contributed by atoms with van der Waals surface area (Å²) < 4.78 is 5.70. The highest BCUT2D eigenvalue weighted by atomic mass is 35.5. The number of aromatic nitrogens is 1. The maximum atomic E-state index is 12.7. The molecule has 1 amide bonds. The van der Waals surface area contributed by atoms with E-state index in [2.05, 4.69) is 4.98 Å². The number of oxazole rings is 1. The van der Waals surface area contributed by atoms with Gasteiger partial charge in [-0.15, -0.1) is 0 Å². The number of nitrogens with zero attached hydrogens (tertiary/aromatic N) is 2. The molecule has 1 aromatic heterocycles. The van der Waals surface area contributed by atoms with Crippen LogP contribution in [-0.2, 0) is 0 Å². The molecule has 6 heteroatoms. The summed E-state index contributed by atoms with van der Waals surface area (Å²) in [7, 11) is 1.68. The Balaban J connectivity index is 1.90. The van der Waals surface area contributed by atoms with Crippen molar-refractivity contribution in [2.45, 2.75) is 6.92 Å². The average molecular weight is 361 g/mol. The fourth-order valence-corrected chi connectivity index (χ4v) is 2.50. The highest BCUT2D eigenvalue weighted by Gasteiger charge is 2.22. The molecule has 3 rings (SSSR count). The summed E-state index contributed by atoms with van der Waals surface area (Å²) in [6, 6.07) is 14.1. The van der Waals surface area contributed by atoms with E-state index in [1.165, 1.54) is 4.90 Å². The summed E-state index contributed by atoms with van der Waals surface area (Å²) in [6.07, 6.45) is 0. The van der Waals surface area contributed by atoms with Gasteiger partial charge < -0.3 is 9.32 Å². The third-order valence-corrected chi connectivity index (χ3v) is 4.10. The molecule has 0 atom stereocenters. The van der Waals surface area contributed by atoms with Crippen molar-refractivity contribution in [2.75, 3.05) is 11.9 Å². The molecule has 0 aliphatic rings. The summed E-state index contributed by atoms with van der Waals surface area (Å²) in [4.78, 5) is 18.5. The first kappa shape index (κ1) is 16.6. The monoisotopic (exact) mass is 360 g/mol. The van der Waals surface area contributed by atoms with Crippen LogP contribution in [0.3, 0.4) is 0 Å². The van der Waals surface area contributed by atoms with Gasteiger partial charge in [-0.3, -0.25) is 4.79 Å². The van der Waals surface area contributed by atoms with Crippen molar-refractivity contribution < 1.29 is 9.21 Å². The van der Waals surface area contributed by atoms with Gasteiger partial charge in [0, 0.05) is 28.3 Å². The van der Waals surface area contributed by atoms with E-state index >= 15 is 0 Å². The smallest absolute Gasteiger partial charge is 0.295 e. The molecule has 0 aliphatic carbocycles. The van der Waals surface area contributed by atoms with Crippen LogP contribution in [0.2, 0.25) is 10.0 Å². The van der Waals surface area contributed by atoms with Crippen molar-refractivity contribution in [3.05, 3.63) is 70.0 Å². The van der Waals surface area contributed by atoms with Crippen LogP contribution >= 0.6 is 23.2 Å². The zero-order chi connectivity index (χ0) is 17.3. The van der Waals surface area contributed by atoms with E-state index in [1.54, 1.807) is 62.5 Å². The van der Waals surface area contributed by atoms with Crippen molar-refractivity contribution in [1.29, 1.82) is 0 Å². The van der Waals surface area contributed by atoms with Crippen molar-refractivity contribution in [1.82, 2.24) is 4.98 Å². The Kier molecular flexibility index (Phi) is 4.60. The quantitative estimate of drug-likeness (QED) is 0.641. The molecule has 0 spiro atoms. The molecule has 3 aromatic rings. The molecule has 1 heterocycles. The third kappa shape index (κ3) is 3.30. The minimum atomic E-state index is -0.275. The zero-order valence-electron chi connectivity index (χ0n) is 13.1. The van der Waals surface area contributed by atoms with Crippen LogP contribution in [0.5, 0.6) is 0 Å². The number of anilines is 1. The van der Waals surface area contributed by atoms with Crippen LogP contribution in [0.25, 0.3) is 11.5 Å². The number of amides is 1. The number of carbonyl (C=O) groups excluding carboxylic acids is 1. The van der Waals surface area contributed by atoms with Gasteiger partial charge in [0.25, 0.3) is 5.91 Å². The lowest BCUT2D eigenvalue weighted by atomic mass is 10.2. The Morgan fingerprint density at radius 1 is 1.00 bits per heavy atom. The van der Waals surface area contributed by atoms with E-state index in [1.807, 2.05) is 0 Å². The van der Waals surface area contributed by atoms with Crippen molar-refractivity contribution in [3.63, 3.8) is 0 Å². The number of carbonyl (C=O) groups is 1. The third-order valence-electron chi connectivity index (χ3n) is 3.60. The van der Waals surface area contributed by atoms with E-state index in [9.17, 15) is 4.79 Å². The molecule has 0 saturated heterocycles. The molecule has 0 N–H and O–H groups in total. The highest BCUT2D eigenvalue weighted by Crippen LogP contribution is 2.25. The number of halogens is 2. The van der Waals surface area contributed by atoms with Gasteiger partial charge in [-0.05, 0) is 55.5 Å². The Hall–Kier alpha value is -2.30. The summed E-state index contributed by atoms with van der Waals surface area (Å²) in [5.74, 6) is 0.317. The molecule has 2 aromatic carbocycles. The molecular formula is C18H14Cl2N2O2. The van der Waals surface area contributed by atoms with Crippen molar-refractivity contribution >= 4 is 34.8 Å². The lowest BCUT2D eigenvalue weighted by Crippen LogP contribution is -2.26. The maximum absolute atomic E-state index is 12.7. The number of hydrogen-bond donors (Lipinski definition) is 0. The van der Waals surface area contributed by atoms with Crippen LogP contribution in [0.1, 0.15) is 16.2 Å². The van der Waals surface area contributed by atoms with Gasteiger partial charge in [0.15, 0.2) is 0 Å². The second-order valence-corrected chi connectivity index (χ2v) is 6.15. The van der Waals surface area contributed by atoms with Crippen LogP contribution in [-0.4, -0.2) is 17.9 Å². The molecule has 0 radical (unpaired) electrons. The largest absolute Gasteiger partial charge is 0.431 e. The minimum absolute atomic E-state index is 0.206. The van der Waals surface area contributed by atoms with E-state index < -0.39 is 0 Å². The van der Waals surface area contributed by atoms with Gasteiger partial charge in [0.05, 0.1) is 5.69 Å². The SMILES string of the molecule is Cc1nc(-c2ccc(Cl)cc2)oc1C(=O)N(C)c1ccc(Cl)cc1. The number of rotatable bonds is 3. The minimum Gasteiger partial charge on any atom is -0.431 e. The number of benzene rings is 2. The Morgan fingerprint density at radius 3 is 2.12 bits per heavy atom. The molecule has 0 saturated carbocycles. The number of hydrogen-bond acceptors (Lipinski definition) is 3.